The van der Waals surface area contributed by atoms with Crippen LogP contribution in [0, 0.1) is 0 Å². The Morgan fingerprint density at radius 2 is 2.00 bits per heavy atom. The summed E-state index contributed by atoms with van der Waals surface area (Å²) < 4.78 is 0. The van der Waals surface area contributed by atoms with Gasteiger partial charge in [-0.25, -0.2) is 4.99 Å². The lowest BCUT2D eigenvalue weighted by molar-refractivity contribution is 0.260. The third-order valence-corrected chi connectivity index (χ3v) is 3.12. The van der Waals surface area contributed by atoms with Gasteiger partial charge >= 0.3 is 0 Å². The highest BCUT2D eigenvalue weighted by atomic mass is 15.3. The molecule has 0 radical (unpaired) electrons. The van der Waals surface area contributed by atoms with Crippen molar-refractivity contribution in [1.82, 2.24) is 9.80 Å². The molecule has 1 aliphatic heterocycles. The van der Waals surface area contributed by atoms with E-state index in [-0.39, 0.29) is 5.54 Å². The third-order valence-electron chi connectivity index (χ3n) is 3.12. The standard InChI is InChI=1S/C13H28N4/c1-6-11-10-16(5)8-7-9-17(11)12(14)15-13(2,3)4/h11H,6-10H2,1-5H3,(H2,14,15). The predicted octanol–water partition coefficient (Wildman–Crippen LogP) is 1.52. The zero-order valence-corrected chi connectivity index (χ0v) is 12.0. The Kier molecular flexibility index (Phi) is 4.80. The van der Waals surface area contributed by atoms with Gasteiger partial charge in [-0.3, -0.25) is 0 Å². The predicted molar refractivity (Wildman–Crippen MR) is 74.3 cm³/mol. The van der Waals surface area contributed by atoms with E-state index in [0.29, 0.717) is 12.0 Å². The molecular weight excluding hydrogens is 212 g/mol. The minimum atomic E-state index is -0.0966. The van der Waals surface area contributed by atoms with Crippen LogP contribution in [0.15, 0.2) is 4.99 Å². The van der Waals surface area contributed by atoms with Gasteiger partial charge in [-0.1, -0.05) is 6.92 Å². The molecule has 0 aromatic carbocycles. The molecule has 0 spiro atoms. The van der Waals surface area contributed by atoms with Gasteiger partial charge in [-0.15, -0.1) is 0 Å². The minimum Gasteiger partial charge on any atom is -0.370 e. The van der Waals surface area contributed by atoms with Gasteiger partial charge in [0, 0.05) is 19.1 Å². The van der Waals surface area contributed by atoms with Crippen molar-refractivity contribution in [2.75, 3.05) is 26.7 Å². The molecule has 0 aliphatic carbocycles. The fourth-order valence-corrected chi connectivity index (χ4v) is 2.30. The van der Waals surface area contributed by atoms with Crippen molar-refractivity contribution in [1.29, 1.82) is 0 Å². The molecule has 1 saturated heterocycles. The molecule has 1 atom stereocenters. The van der Waals surface area contributed by atoms with Crippen molar-refractivity contribution in [2.24, 2.45) is 10.7 Å². The summed E-state index contributed by atoms with van der Waals surface area (Å²) >= 11 is 0. The van der Waals surface area contributed by atoms with Crippen LogP contribution in [0.5, 0.6) is 0 Å². The smallest absolute Gasteiger partial charge is 0.192 e. The number of hydrogen-bond donors (Lipinski definition) is 1. The number of guanidine groups is 1. The third kappa shape index (κ3) is 4.54. The molecule has 4 nitrogen and oxygen atoms in total. The molecule has 0 aromatic rings. The number of hydrogen-bond acceptors (Lipinski definition) is 2. The van der Waals surface area contributed by atoms with Crippen LogP contribution in [0.4, 0.5) is 0 Å². The van der Waals surface area contributed by atoms with Crippen molar-refractivity contribution in [3.63, 3.8) is 0 Å². The SMILES string of the molecule is CCC1CN(C)CCCN1C(N)=NC(C)(C)C. The number of likely N-dealkylation sites (N-methyl/N-ethyl adjacent to an activating group) is 1. The summed E-state index contributed by atoms with van der Waals surface area (Å²) in [6.07, 6.45) is 2.28. The summed E-state index contributed by atoms with van der Waals surface area (Å²) in [6.45, 7) is 11.7. The summed E-state index contributed by atoms with van der Waals surface area (Å²) in [4.78, 5) is 9.27. The fourth-order valence-electron chi connectivity index (χ4n) is 2.30. The van der Waals surface area contributed by atoms with E-state index < -0.39 is 0 Å². The molecule has 100 valence electrons. The molecule has 0 saturated carbocycles. The molecule has 1 rings (SSSR count). The Labute approximate surface area is 106 Å². The van der Waals surface area contributed by atoms with Crippen LogP contribution in [0.3, 0.4) is 0 Å². The Hall–Kier alpha value is -0.770. The average Bonchev–Trinajstić information content (AvgIpc) is 2.36. The molecule has 1 fully saturated rings. The Bertz CT molecular complexity index is 267. The Morgan fingerprint density at radius 1 is 1.35 bits per heavy atom. The van der Waals surface area contributed by atoms with Crippen LogP contribution in [0.25, 0.3) is 0 Å². The van der Waals surface area contributed by atoms with E-state index in [1.54, 1.807) is 0 Å². The molecule has 17 heavy (non-hydrogen) atoms. The lowest BCUT2D eigenvalue weighted by Crippen LogP contribution is -2.48. The van der Waals surface area contributed by atoms with Crippen LogP contribution < -0.4 is 5.73 Å². The average molecular weight is 240 g/mol. The fraction of sp³-hybridized carbons (Fsp3) is 0.923. The van der Waals surface area contributed by atoms with Crippen LogP contribution >= 0.6 is 0 Å². The van der Waals surface area contributed by atoms with Crippen LogP contribution in [-0.2, 0) is 0 Å². The summed E-state index contributed by atoms with van der Waals surface area (Å²) in [5.41, 5.74) is 6.08. The Balaban J connectivity index is 2.82. The summed E-state index contributed by atoms with van der Waals surface area (Å²) in [5, 5.41) is 0. The molecule has 0 bridgehead atoms. The number of rotatable bonds is 1. The largest absolute Gasteiger partial charge is 0.370 e. The van der Waals surface area contributed by atoms with Gasteiger partial charge < -0.3 is 15.5 Å². The van der Waals surface area contributed by atoms with Gasteiger partial charge in [0.15, 0.2) is 5.96 Å². The number of nitrogens with zero attached hydrogens (tertiary/aromatic N) is 3. The summed E-state index contributed by atoms with van der Waals surface area (Å²) in [7, 11) is 2.18. The first kappa shape index (κ1) is 14.3. The molecule has 0 amide bonds. The quantitative estimate of drug-likeness (QED) is 0.558. The second kappa shape index (κ2) is 5.71. The first-order chi connectivity index (χ1) is 7.83. The van der Waals surface area contributed by atoms with Gasteiger partial charge in [0.2, 0.25) is 0 Å². The molecule has 2 N–H and O–H groups in total. The van der Waals surface area contributed by atoms with Crippen LogP contribution in [0.1, 0.15) is 40.5 Å². The summed E-state index contributed by atoms with van der Waals surface area (Å²) in [5.74, 6) is 0.708. The number of aliphatic imine (C=N–C) groups is 1. The maximum atomic E-state index is 6.17. The van der Waals surface area contributed by atoms with E-state index in [1.165, 1.54) is 0 Å². The first-order valence-electron chi connectivity index (χ1n) is 6.64. The molecule has 1 aliphatic rings. The van der Waals surface area contributed by atoms with E-state index in [4.69, 9.17) is 5.73 Å². The Morgan fingerprint density at radius 3 is 2.53 bits per heavy atom. The molecule has 4 heteroatoms. The van der Waals surface area contributed by atoms with Crippen LogP contribution in [-0.4, -0.2) is 54.0 Å². The lowest BCUT2D eigenvalue weighted by atomic mass is 10.1. The van der Waals surface area contributed by atoms with Crippen molar-refractivity contribution < 1.29 is 0 Å². The zero-order chi connectivity index (χ0) is 13.1. The maximum Gasteiger partial charge on any atom is 0.192 e. The van der Waals surface area contributed by atoms with E-state index in [2.05, 4.69) is 49.5 Å². The minimum absolute atomic E-state index is 0.0966. The first-order valence-corrected chi connectivity index (χ1v) is 6.64. The summed E-state index contributed by atoms with van der Waals surface area (Å²) in [6, 6.07) is 0.494. The van der Waals surface area contributed by atoms with Gasteiger partial charge in [0.25, 0.3) is 0 Å². The molecule has 0 aromatic heterocycles. The van der Waals surface area contributed by atoms with E-state index in [9.17, 15) is 0 Å². The lowest BCUT2D eigenvalue weighted by Gasteiger charge is -2.32. The topological polar surface area (TPSA) is 44.9 Å². The van der Waals surface area contributed by atoms with E-state index in [0.717, 1.165) is 32.5 Å². The van der Waals surface area contributed by atoms with Gasteiger partial charge in [-0.05, 0) is 47.2 Å². The highest BCUT2D eigenvalue weighted by Gasteiger charge is 2.24. The molecular formula is C13H28N4. The van der Waals surface area contributed by atoms with E-state index in [1.807, 2.05) is 0 Å². The highest BCUT2D eigenvalue weighted by Crippen LogP contribution is 2.14. The van der Waals surface area contributed by atoms with E-state index >= 15 is 0 Å². The number of nitrogens with two attached hydrogens (primary N) is 1. The maximum absolute atomic E-state index is 6.17. The van der Waals surface area contributed by atoms with Crippen molar-refractivity contribution in [3.8, 4) is 0 Å². The van der Waals surface area contributed by atoms with Gasteiger partial charge in [0.1, 0.15) is 0 Å². The normalized spacial score (nSPS) is 24.9. The van der Waals surface area contributed by atoms with Crippen molar-refractivity contribution >= 4 is 5.96 Å². The molecule has 1 unspecified atom stereocenters. The van der Waals surface area contributed by atoms with Crippen LogP contribution in [0.2, 0.25) is 0 Å². The van der Waals surface area contributed by atoms with Crippen molar-refractivity contribution in [3.05, 3.63) is 0 Å². The van der Waals surface area contributed by atoms with Gasteiger partial charge in [-0.2, -0.15) is 0 Å². The highest BCUT2D eigenvalue weighted by molar-refractivity contribution is 5.79. The van der Waals surface area contributed by atoms with Gasteiger partial charge in [0.05, 0.1) is 5.54 Å². The second-order valence-electron chi connectivity index (χ2n) is 6.01. The molecule has 1 heterocycles. The monoisotopic (exact) mass is 240 g/mol. The van der Waals surface area contributed by atoms with Crippen molar-refractivity contribution in [2.45, 2.75) is 52.1 Å². The zero-order valence-electron chi connectivity index (χ0n) is 12.0. The second-order valence-corrected chi connectivity index (χ2v) is 6.01.